The Labute approximate surface area is 131 Å². The lowest BCUT2D eigenvalue weighted by Gasteiger charge is -2.42. The average Bonchev–Trinajstić information content (AvgIpc) is 2.43. The quantitative estimate of drug-likeness (QED) is 0.890. The summed E-state index contributed by atoms with van der Waals surface area (Å²) in [6.45, 7) is 2.29. The van der Waals surface area contributed by atoms with Crippen molar-refractivity contribution in [2.75, 3.05) is 7.11 Å². The molecule has 1 atom stereocenters. The van der Waals surface area contributed by atoms with Crippen molar-refractivity contribution in [1.82, 2.24) is 0 Å². The van der Waals surface area contributed by atoms with E-state index in [0.717, 1.165) is 30.7 Å². The van der Waals surface area contributed by atoms with Crippen LogP contribution in [0.3, 0.4) is 0 Å². The van der Waals surface area contributed by atoms with Gasteiger partial charge in [-0.2, -0.15) is 0 Å². The average molecular weight is 316 g/mol. The number of rotatable bonds is 4. The summed E-state index contributed by atoms with van der Waals surface area (Å²) in [6, 6.07) is 5.55. The highest BCUT2D eigenvalue weighted by atomic mass is 35.5. The van der Waals surface area contributed by atoms with Crippen molar-refractivity contribution in [2.24, 2.45) is 11.7 Å². The third kappa shape index (κ3) is 3.48. The summed E-state index contributed by atoms with van der Waals surface area (Å²) in [6.07, 6.45) is 5.12. The Morgan fingerprint density at radius 2 is 2.00 bits per heavy atom. The summed E-state index contributed by atoms with van der Waals surface area (Å²) < 4.78 is 5.83. The molecule has 2 rings (SSSR count). The van der Waals surface area contributed by atoms with Gasteiger partial charge in [0, 0.05) is 23.2 Å². The van der Waals surface area contributed by atoms with Crippen LogP contribution in [-0.2, 0) is 11.2 Å². The summed E-state index contributed by atoms with van der Waals surface area (Å²) in [5.41, 5.74) is 7.29. The van der Waals surface area contributed by atoms with Gasteiger partial charge in [0.2, 0.25) is 0 Å². The van der Waals surface area contributed by atoms with E-state index in [1.807, 2.05) is 12.1 Å². The van der Waals surface area contributed by atoms with Gasteiger partial charge in [0.05, 0.1) is 5.60 Å². The Hall–Kier alpha value is -0.280. The molecule has 0 bridgehead atoms. The molecule has 1 aliphatic rings. The van der Waals surface area contributed by atoms with Crippen LogP contribution in [0, 0.1) is 5.92 Å². The van der Waals surface area contributed by atoms with Crippen molar-refractivity contribution in [3.63, 3.8) is 0 Å². The molecule has 1 saturated carbocycles. The van der Waals surface area contributed by atoms with E-state index in [1.54, 1.807) is 13.2 Å². The van der Waals surface area contributed by atoms with Crippen LogP contribution in [-0.4, -0.2) is 18.8 Å². The highest BCUT2D eigenvalue weighted by Gasteiger charge is 2.39. The largest absolute Gasteiger partial charge is 0.377 e. The number of halogens is 2. The molecule has 0 spiro atoms. The van der Waals surface area contributed by atoms with E-state index in [9.17, 15) is 0 Å². The Balaban J connectivity index is 2.11. The van der Waals surface area contributed by atoms with Gasteiger partial charge in [-0.25, -0.2) is 0 Å². The molecule has 4 heteroatoms. The van der Waals surface area contributed by atoms with Crippen LogP contribution in [0.25, 0.3) is 0 Å². The molecular formula is C16H23Cl2NO. The van der Waals surface area contributed by atoms with Crippen molar-refractivity contribution >= 4 is 23.2 Å². The van der Waals surface area contributed by atoms with Crippen LogP contribution in [0.4, 0.5) is 0 Å². The van der Waals surface area contributed by atoms with Crippen LogP contribution in [0.2, 0.25) is 10.0 Å². The second kappa shape index (κ2) is 6.65. The first kappa shape index (κ1) is 16.1. The first-order valence-electron chi connectivity index (χ1n) is 7.21. The second-order valence-electron chi connectivity index (χ2n) is 6.00. The summed E-state index contributed by atoms with van der Waals surface area (Å²) in [4.78, 5) is 0. The zero-order valence-corrected chi connectivity index (χ0v) is 13.7. The third-order valence-corrected chi connectivity index (χ3v) is 5.24. The molecule has 2 nitrogen and oxygen atoms in total. The molecule has 2 N–H and O–H groups in total. The van der Waals surface area contributed by atoms with Crippen molar-refractivity contribution in [2.45, 2.75) is 50.7 Å². The number of nitrogens with two attached hydrogens (primary N) is 1. The minimum atomic E-state index is -0.213. The molecular weight excluding hydrogens is 293 g/mol. The Morgan fingerprint density at radius 3 is 2.55 bits per heavy atom. The van der Waals surface area contributed by atoms with Crippen LogP contribution in [0.5, 0.6) is 0 Å². The maximum atomic E-state index is 6.46. The standard InChI is InChI=1S/C16H23Cl2NO/c1-11-5-7-16(20-2,8-6-11)15(19)9-12-3-4-13(17)10-14(12)18/h3-4,10-11,15H,5-9,19H2,1-2H3. The predicted molar refractivity (Wildman–Crippen MR) is 85.5 cm³/mol. The summed E-state index contributed by atoms with van der Waals surface area (Å²) in [5.74, 6) is 0.768. The van der Waals surface area contributed by atoms with Gasteiger partial charge in [-0.1, -0.05) is 36.2 Å². The molecule has 0 radical (unpaired) electrons. The van der Waals surface area contributed by atoms with E-state index in [2.05, 4.69) is 6.92 Å². The van der Waals surface area contributed by atoms with Gasteiger partial charge in [0.25, 0.3) is 0 Å². The summed E-state index contributed by atoms with van der Waals surface area (Å²) in [5, 5.41) is 1.34. The van der Waals surface area contributed by atoms with Gasteiger partial charge in [-0.15, -0.1) is 0 Å². The number of hydrogen-bond donors (Lipinski definition) is 1. The maximum absolute atomic E-state index is 6.46. The Bertz CT molecular complexity index is 456. The number of ether oxygens (including phenoxy) is 1. The topological polar surface area (TPSA) is 35.2 Å². The number of methoxy groups -OCH3 is 1. The van der Waals surface area contributed by atoms with E-state index in [-0.39, 0.29) is 11.6 Å². The SMILES string of the molecule is COC1(C(N)Cc2ccc(Cl)cc2Cl)CCC(C)CC1. The smallest absolute Gasteiger partial charge is 0.0832 e. The molecule has 1 aromatic rings. The highest BCUT2D eigenvalue weighted by molar-refractivity contribution is 6.35. The predicted octanol–water partition coefficient (Wildman–Crippen LogP) is 4.46. The zero-order valence-electron chi connectivity index (χ0n) is 12.2. The fourth-order valence-electron chi connectivity index (χ4n) is 3.09. The Morgan fingerprint density at radius 1 is 1.35 bits per heavy atom. The lowest BCUT2D eigenvalue weighted by molar-refractivity contribution is -0.0659. The lowest BCUT2D eigenvalue weighted by atomic mass is 9.74. The monoisotopic (exact) mass is 315 g/mol. The van der Waals surface area contributed by atoms with E-state index in [0.29, 0.717) is 10.0 Å². The van der Waals surface area contributed by atoms with Gasteiger partial charge in [-0.05, 0) is 55.7 Å². The molecule has 112 valence electrons. The van der Waals surface area contributed by atoms with Crippen molar-refractivity contribution in [3.8, 4) is 0 Å². The minimum absolute atomic E-state index is 0.0429. The summed E-state index contributed by atoms with van der Waals surface area (Å²) in [7, 11) is 1.78. The van der Waals surface area contributed by atoms with Crippen LogP contribution in [0.1, 0.15) is 38.2 Å². The van der Waals surface area contributed by atoms with E-state index in [4.69, 9.17) is 33.7 Å². The van der Waals surface area contributed by atoms with Crippen LogP contribution < -0.4 is 5.73 Å². The fourth-order valence-corrected chi connectivity index (χ4v) is 3.57. The van der Waals surface area contributed by atoms with E-state index in [1.165, 1.54) is 12.8 Å². The third-order valence-electron chi connectivity index (χ3n) is 4.66. The van der Waals surface area contributed by atoms with Gasteiger partial charge >= 0.3 is 0 Å². The molecule has 1 unspecified atom stereocenters. The normalized spacial score (nSPS) is 28.4. The maximum Gasteiger partial charge on any atom is 0.0832 e. The van der Waals surface area contributed by atoms with Gasteiger partial charge < -0.3 is 10.5 Å². The van der Waals surface area contributed by atoms with Crippen molar-refractivity contribution < 1.29 is 4.74 Å². The Kier molecular flexibility index (Phi) is 5.36. The fraction of sp³-hybridized carbons (Fsp3) is 0.625. The van der Waals surface area contributed by atoms with Crippen LogP contribution >= 0.6 is 23.2 Å². The van der Waals surface area contributed by atoms with Crippen molar-refractivity contribution in [3.05, 3.63) is 33.8 Å². The molecule has 0 heterocycles. The number of benzene rings is 1. The lowest BCUT2D eigenvalue weighted by Crippen LogP contribution is -2.52. The molecule has 1 aromatic carbocycles. The molecule has 1 fully saturated rings. The molecule has 0 saturated heterocycles. The molecule has 1 aliphatic carbocycles. The van der Waals surface area contributed by atoms with Crippen LogP contribution in [0.15, 0.2) is 18.2 Å². The van der Waals surface area contributed by atoms with Gasteiger partial charge in [-0.3, -0.25) is 0 Å². The first-order valence-corrected chi connectivity index (χ1v) is 7.97. The van der Waals surface area contributed by atoms with Gasteiger partial charge in [0.15, 0.2) is 0 Å². The number of hydrogen-bond acceptors (Lipinski definition) is 2. The molecule has 0 aromatic heterocycles. The zero-order chi connectivity index (χ0) is 14.8. The van der Waals surface area contributed by atoms with E-state index < -0.39 is 0 Å². The second-order valence-corrected chi connectivity index (χ2v) is 6.84. The van der Waals surface area contributed by atoms with Gasteiger partial charge in [0.1, 0.15) is 0 Å². The molecule has 0 aliphatic heterocycles. The van der Waals surface area contributed by atoms with E-state index >= 15 is 0 Å². The molecule has 20 heavy (non-hydrogen) atoms. The molecule has 0 amide bonds. The van der Waals surface area contributed by atoms with Crippen molar-refractivity contribution in [1.29, 1.82) is 0 Å². The summed E-state index contributed by atoms with van der Waals surface area (Å²) >= 11 is 12.2. The first-order chi connectivity index (χ1) is 9.47. The minimum Gasteiger partial charge on any atom is -0.377 e. The highest BCUT2D eigenvalue weighted by Crippen LogP contribution is 2.37.